The molecule has 4 radical (unpaired) electrons. The Morgan fingerprint density at radius 2 is 1.60 bits per heavy atom. The van der Waals surface area contributed by atoms with Crippen LogP contribution in [0.4, 0.5) is 4.79 Å². The lowest BCUT2D eigenvalue weighted by molar-refractivity contribution is 0.256. The van der Waals surface area contributed by atoms with E-state index >= 15 is 0 Å². The summed E-state index contributed by atoms with van der Waals surface area (Å²) < 4.78 is 0. The van der Waals surface area contributed by atoms with Crippen LogP contribution in [0.25, 0.3) is 0 Å². The molecule has 0 spiro atoms. The Morgan fingerprint density at radius 1 is 1.27 bits per heavy atom. The molecule has 1 aliphatic heterocycles. The van der Waals surface area contributed by atoms with Gasteiger partial charge >= 0.3 is 6.03 Å². The number of primary amides is 2. The topological polar surface area (TPSA) is 93.2 Å². The summed E-state index contributed by atoms with van der Waals surface area (Å²) in [5, 5.41) is 6.44. The molecule has 5 nitrogen and oxygen atoms in total. The maximum atomic E-state index is 9.00. The number of rotatable bonds is 2. The molecule has 6 N–H and O–H groups in total. The van der Waals surface area contributed by atoms with Crippen LogP contribution in [-0.2, 0) is 0 Å². The second-order valence-corrected chi connectivity index (χ2v) is 2.74. The van der Waals surface area contributed by atoms with Gasteiger partial charge in [0.15, 0.2) is 0 Å². The van der Waals surface area contributed by atoms with Crippen LogP contribution in [0.1, 0.15) is 6.92 Å². The van der Waals surface area contributed by atoms with Gasteiger partial charge in [0.05, 0.1) is 7.17 Å². The minimum absolute atomic E-state index is 0.833. The molecule has 0 saturated carbocycles. The molecule has 0 aromatic heterocycles. The van der Waals surface area contributed by atoms with Gasteiger partial charge in [-0.05, 0) is 0 Å². The summed E-state index contributed by atoms with van der Waals surface area (Å²) >= 11 is 0. The zero-order chi connectivity index (χ0) is 11.9. The Bertz CT molecular complexity index is 118. The maximum Gasteiger partial charge on any atom is 0.309 e. The van der Waals surface area contributed by atoms with Gasteiger partial charge in [-0.15, -0.1) is 0 Å². The number of carbonyl (C=O) groups excluding carboxylic acids is 1. The van der Waals surface area contributed by atoms with E-state index in [2.05, 4.69) is 22.1 Å². The van der Waals surface area contributed by atoms with E-state index < -0.39 is 6.03 Å². The first-order valence-electron chi connectivity index (χ1n) is 4.98. The van der Waals surface area contributed by atoms with Gasteiger partial charge in [0.1, 0.15) is 0 Å². The molecule has 0 atom stereocenters. The Hall–Kier alpha value is -0.615. The van der Waals surface area contributed by atoms with Gasteiger partial charge in [-0.3, -0.25) is 0 Å². The zero-order valence-electron chi connectivity index (χ0n) is 9.33. The Balaban J connectivity index is 0. The first-order chi connectivity index (χ1) is 7.15. The van der Waals surface area contributed by atoms with Crippen molar-refractivity contribution in [1.82, 2.24) is 10.6 Å². The Kier molecular flexibility index (Phi) is 17.7. The van der Waals surface area contributed by atoms with Crippen molar-refractivity contribution in [1.29, 1.82) is 0 Å². The zero-order valence-corrected chi connectivity index (χ0v) is 9.33. The highest BCUT2D eigenvalue weighted by molar-refractivity contribution is 7.23. The van der Waals surface area contributed by atoms with Crippen molar-refractivity contribution in [2.45, 2.75) is 13.2 Å². The van der Waals surface area contributed by atoms with E-state index in [4.69, 9.17) is 12.5 Å². The van der Waals surface area contributed by atoms with Crippen molar-refractivity contribution in [3.8, 4) is 0 Å². The number of piperazine rings is 1. The SMILES string of the molecule is C1CNCCN1.NC(N)=O.[B][B][B]CC. The van der Waals surface area contributed by atoms with E-state index in [-0.39, 0.29) is 0 Å². The van der Waals surface area contributed by atoms with Crippen LogP contribution in [-0.4, -0.2) is 54.2 Å². The highest BCUT2D eigenvalue weighted by Crippen LogP contribution is 1.65. The highest BCUT2D eigenvalue weighted by Gasteiger charge is 1.91. The lowest BCUT2D eigenvalue weighted by Gasteiger charge is -2.11. The fourth-order valence-electron chi connectivity index (χ4n) is 0.740. The standard InChI is InChI=1S/C4H10N2.C2H5B3.CH4N2O/c1-2-6-4-3-5-1;1-2-4-5-3;2-1(3)4/h5-6H,1-4H2;2H2,1H3;(H4,2,3,4). The molecule has 0 unspecified atom stereocenters. The van der Waals surface area contributed by atoms with Crippen LogP contribution in [0.15, 0.2) is 0 Å². The second kappa shape index (κ2) is 15.8. The lowest BCUT2D eigenvalue weighted by Crippen LogP contribution is -2.39. The average molecular weight is 208 g/mol. The summed E-state index contributed by atoms with van der Waals surface area (Å²) in [4.78, 5) is 9.00. The summed E-state index contributed by atoms with van der Waals surface area (Å²) in [5.41, 5.74) is 8.50. The number of nitrogens with one attached hydrogen (secondary N) is 2. The van der Waals surface area contributed by atoms with Crippen LogP contribution in [0.2, 0.25) is 6.32 Å². The number of amides is 2. The second-order valence-electron chi connectivity index (χ2n) is 2.74. The van der Waals surface area contributed by atoms with Gasteiger partial charge in [0, 0.05) is 41.0 Å². The van der Waals surface area contributed by atoms with E-state index in [9.17, 15) is 0 Å². The summed E-state index contributed by atoms with van der Waals surface area (Å²) in [6.07, 6.45) is 1.04. The van der Waals surface area contributed by atoms with Crippen LogP contribution >= 0.6 is 0 Å². The number of urea groups is 1. The predicted octanol–water partition coefficient (Wildman–Crippen LogP) is -1.97. The molecule has 15 heavy (non-hydrogen) atoms. The van der Waals surface area contributed by atoms with Crippen LogP contribution in [0, 0.1) is 0 Å². The van der Waals surface area contributed by atoms with Gasteiger partial charge in [-0.25, -0.2) is 4.79 Å². The number of carbonyl (C=O) groups is 1. The van der Waals surface area contributed by atoms with Gasteiger partial charge in [0.25, 0.3) is 0 Å². The van der Waals surface area contributed by atoms with Crippen molar-refractivity contribution in [2.24, 2.45) is 11.5 Å². The molecule has 0 aliphatic carbocycles. The minimum Gasteiger partial charge on any atom is -0.352 e. The summed E-state index contributed by atoms with van der Waals surface area (Å²) in [6, 6.07) is -0.833. The molecule has 82 valence electrons. The third-order valence-corrected chi connectivity index (χ3v) is 1.33. The highest BCUT2D eigenvalue weighted by atomic mass is 16.2. The van der Waals surface area contributed by atoms with Gasteiger partial charge in [0.2, 0.25) is 0 Å². The Labute approximate surface area is 95.0 Å². The number of hydrogen-bond donors (Lipinski definition) is 4. The van der Waals surface area contributed by atoms with Gasteiger partial charge in [-0.1, -0.05) is 13.2 Å². The molecule has 0 bridgehead atoms. The quantitative estimate of drug-likeness (QED) is 0.396. The fraction of sp³-hybridized carbons (Fsp3) is 0.857. The van der Waals surface area contributed by atoms with Crippen LogP contribution < -0.4 is 22.1 Å². The van der Waals surface area contributed by atoms with Gasteiger partial charge < -0.3 is 22.1 Å². The molecule has 0 aromatic carbocycles. The van der Waals surface area contributed by atoms with Crippen molar-refractivity contribution >= 4 is 28.0 Å². The molecular weight excluding hydrogens is 189 g/mol. The first-order valence-corrected chi connectivity index (χ1v) is 4.98. The lowest BCUT2D eigenvalue weighted by atomic mass is 9.27. The molecule has 0 aromatic rings. The molecule has 1 saturated heterocycles. The Morgan fingerprint density at radius 3 is 1.67 bits per heavy atom. The smallest absolute Gasteiger partial charge is 0.309 e. The van der Waals surface area contributed by atoms with E-state index in [1.165, 1.54) is 0 Å². The van der Waals surface area contributed by atoms with Gasteiger partial charge in [-0.2, -0.15) is 0 Å². The van der Waals surface area contributed by atoms with E-state index in [0.717, 1.165) is 32.5 Å². The van der Waals surface area contributed by atoms with Crippen LogP contribution in [0.3, 0.4) is 0 Å². The molecule has 1 rings (SSSR count). The van der Waals surface area contributed by atoms with Crippen molar-refractivity contribution in [3.63, 3.8) is 0 Å². The maximum absolute atomic E-state index is 9.00. The van der Waals surface area contributed by atoms with Crippen molar-refractivity contribution in [3.05, 3.63) is 0 Å². The van der Waals surface area contributed by atoms with Crippen molar-refractivity contribution in [2.75, 3.05) is 26.2 Å². The van der Waals surface area contributed by atoms with E-state index in [0.29, 0.717) is 0 Å². The third-order valence-electron chi connectivity index (χ3n) is 1.33. The normalized spacial score (nSPS) is 13.4. The molecule has 1 aliphatic rings. The average Bonchev–Trinajstić information content (AvgIpc) is 2.22. The molecule has 8 heteroatoms. The molecule has 2 amide bonds. The van der Waals surface area contributed by atoms with Crippen molar-refractivity contribution < 1.29 is 4.79 Å². The first kappa shape index (κ1) is 16.8. The summed E-state index contributed by atoms with van der Waals surface area (Å²) in [5.74, 6) is 0. The monoisotopic (exact) mass is 208 g/mol. The predicted molar refractivity (Wildman–Crippen MR) is 67.3 cm³/mol. The van der Waals surface area contributed by atoms with E-state index in [1.807, 2.05) is 14.1 Å². The number of nitrogens with two attached hydrogens (primary N) is 2. The number of hydrogen-bond acceptors (Lipinski definition) is 3. The van der Waals surface area contributed by atoms with E-state index in [1.54, 1.807) is 7.06 Å². The molecular formula is C7H19B3N4O. The summed E-state index contributed by atoms with van der Waals surface area (Å²) in [6.45, 7) is 6.60. The largest absolute Gasteiger partial charge is 0.352 e. The minimum atomic E-state index is -0.833. The summed E-state index contributed by atoms with van der Waals surface area (Å²) in [7, 11) is 8.42. The molecule has 1 fully saturated rings. The molecule has 1 heterocycles. The van der Waals surface area contributed by atoms with Crippen LogP contribution in [0.5, 0.6) is 0 Å². The third kappa shape index (κ3) is 31.8. The fourth-order valence-corrected chi connectivity index (χ4v) is 0.740.